The first-order valence-electron chi connectivity index (χ1n) is 3.37. The van der Waals surface area contributed by atoms with Crippen molar-refractivity contribution in [2.24, 2.45) is 5.16 Å². The summed E-state index contributed by atoms with van der Waals surface area (Å²) in [7, 11) is 0. The average molecular weight is 188 g/mol. The summed E-state index contributed by atoms with van der Waals surface area (Å²) >= 11 is 0. The topological polar surface area (TPSA) is 35.4 Å². The van der Waals surface area contributed by atoms with Crippen molar-refractivity contribution >= 4 is 6.21 Å². The first kappa shape index (κ1) is 9.57. The van der Waals surface area contributed by atoms with Gasteiger partial charge in [-0.15, -0.1) is 0 Å². The lowest BCUT2D eigenvalue weighted by Gasteiger charge is -2.09. The van der Waals surface area contributed by atoms with Crippen LogP contribution in [0.25, 0.3) is 0 Å². The van der Waals surface area contributed by atoms with E-state index < -0.39 is 11.7 Å². The lowest BCUT2D eigenvalue weighted by atomic mass is 10.1. The van der Waals surface area contributed by atoms with Crippen LogP contribution in [0.1, 0.15) is 11.1 Å². The smallest absolute Gasteiger partial charge is 0.417 e. The van der Waals surface area contributed by atoms with Gasteiger partial charge >= 0.3 is 6.18 Å². The van der Waals surface area contributed by atoms with Crippen molar-refractivity contribution in [1.29, 1.82) is 0 Å². The van der Waals surface area contributed by atoms with Crippen molar-refractivity contribution in [2.75, 3.05) is 0 Å². The largest absolute Gasteiger partial charge is 0.792 e. The first-order valence-corrected chi connectivity index (χ1v) is 3.37. The minimum Gasteiger partial charge on any atom is -0.792 e. The van der Waals surface area contributed by atoms with Crippen molar-refractivity contribution in [3.63, 3.8) is 0 Å². The molecule has 0 heterocycles. The van der Waals surface area contributed by atoms with Crippen LogP contribution in [-0.2, 0) is 6.18 Å². The van der Waals surface area contributed by atoms with E-state index in [0.717, 1.165) is 6.07 Å². The Balaban J connectivity index is 3.20. The molecule has 0 radical (unpaired) electrons. The van der Waals surface area contributed by atoms with Crippen LogP contribution in [0.3, 0.4) is 0 Å². The second-order valence-corrected chi connectivity index (χ2v) is 2.32. The van der Waals surface area contributed by atoms with Gasteiger partial charge in [-0.2, -0.15) is 13.2 Å². The Morgan fingerprint density at radius 1 is 1.23 bits per heavy atom. The Kier molecular flexibility index (Phi) is 2.55. The molecular formula is C8H5F3NO-. The molecule has 0 fully saturated rings. The maximum atomic E-state index is 12.2. The van der Waals surface area contributed by atoms with Crippen molar-refractivity contribution in [1.82, 2.24) is 0 Å². The summed E-state index contributed by atoms with van der Waals surface area (Å²) in [5, 5.41) is 12.1. The molecule has 0 amide bonds. The summed E-state index contributed by atoms with van der Waals surface area (Å²) in [5.74, 6) is 0. The first-order chi connectivity index (χ1) is 6.05. The van der Waals surface area contributed by atoms with E-state index >= 15 is 0 Å². The Hall–Kier alpha value is -1.52. The zero-order valence-electron chi connectivity index (χ0n) is 6.38. The fourth-order valence-corrected chi connectivity index (χ4v) is 0.925. The molecule has 0 aliphatic carbocycles. The SMILES string of the molecule is [O-]/N=C/c1ccccc1C(F)(F)F. The van der Waals surface area contributed by atoms with Crippen molar-refractivity contribution in [3.8, 4) is 0 Å². The number of alkyl halides is 3. The molecule has 2 nitrogen and oxygen atoms in total. The molecule has 0 saturated carbocycles. The van der Waals surface area contributed by atoms with Gasteiger partial charge in [-0.1, -0.05) is 18.2 Å². The number of hydrogen-bond acceptors (Lipinski definition) is 2. The Morgan fingerprint density at radius 2 is 1.85 bits per heavy atom. The Bertz CT molecular complexity index is 319. The minimum absolute atomic E-state index is 0.218. The number of halogens is 3. The third-order valence-corrected chi connectivity index (χ3v) is 1.46. The predicted octanol–water partition coefficient (Wildman–Crippen LogP) is 2.62. The van der Waals surface area contributed by atoms with Crippen LogP contribution >= 0.6 is 0 Å². The van der Waals surface area contributed by atoms with E-state index in [9.17, 15) is 18.4 Å². The summed E-state index contributed by atoms with van der Waals surface area (Å²) in [6.07, 6.45) is -3.80. The number of benzene rings is 1. The highest BCUT2D eigenvalue weighted by Gasteiger charge is 2.32. The van der Waals surface area contributed by atoms with Crippen LogP contribution in [0.2, 0.25) is 0 Å². The second kappa shape index (κ2) is 3.47. The summed E-state index contributed by atoms with van der Waals surface area (Å²) in [6.45, 7) is 0. The lowest BCUT2D eigenvalue weighted by molar-refractivity contribution is -0.137. The summed E-state index contributed by atoms with van der Waals surface area (Å²) in [6, 6.07) is 4.75. The molecule has 1 rings (SSSR count). The van der Waals surface area contributed by atoms with Gasteiger partial charge in [-0.3, -0.25) is 0 Å². The van der Waals surface area contributed by atoms with E-state index in [2.05, 4.69) is 5.16 Å². The Morgan fingerprint density at radius 3 is 2.38 bits per heavy atom. The molecule has 0 aromatic heterocycles. The van der Waals surface area contributed by atoms with Gasteiger partial charge in [0.25, 0.3) is 0 Å². The zero-order chi connectivity index (χ0) is 9.90. The standard InChI is InChI=1S/C8H6F3NO/c9-8(10,11)7-4-2-1-3-6(7)5-12-13/h1-5,13H/p-1/b12-5+. The quantitative estimate of drug-likeness (QED) is 0.492. The minimum atomic E-state index is -4.45. The monoisotopic (exact) mass is 188 g/mol. The summed E-state index contributed by atoms with van der Waals surface area (Å²) in [4.78, 5) is 0. The molecule has 0 N–H and O–H groups in total. The normalized spacial score (nSPS) is 12.2. The van der Waals surface area contributed by atoms with Crippen molar-refractivity contribution in [2.45, 2.75) is 6.18 Å². The zero-order valence-corrected chi connectivity index (χ0v) is 6.38. The van der Waals surface area contributed by atoms with Gasteiger partial charge in [0.15, 0.2) is 0 Å². The van der Waals surface area contributed by atoms with Gasteiger partial charge in [0, 0.05) is 11.8 Å². The van der Waals surface area contributed by atoms with Gasteiger partial charge < -0.3 is 10.4 Å². The van der Waals surface area contributed by atoms with Gasteiger partial charge in [-0.05, 0) is 6.07 Å². The molecule has 70 valence electrons. The Labute approximate surface area is 72.3 Å². The van der Waals surface area contributed by atoms with Crippen LogP contribution in [0.5, 0.6) is 0 Å². The predicted molar refractivity (Wildman–Crippen MR) is 42.4 cm³/mol. The van der Waals surface area contributed by atoms with Crippen molar-refractivity contribution in [3.05, 3.63) is 40.6 Å². The van der Waals surface area contributed by atoms with E-state index in [1.165, 1.54) is 18.2 Å². The molecule has 0 spiro atoms. The molecule has 0 bridgehead atoms. The molecule has 5 heteroatoms. The number of nitrogens with zero attached hydrogens (tertiary/aromatic N) is 1. The highest BCUT2D eigenvalue weighted by molar-refractivity contribution is 5.82. The van der Waals surface area contributed by atoms with E-state index in [1.807, 2.05) is 0 Å². The van der Waals surface area contributed by atoms with Gasteiger partial charge in [0.1, 0.15) is 0 Å². The molecule has 1 aromatic rings. The van der Waals surface area contributed by atoms with E-state index in [1.54, 1.807) is 0 Å². The van der Waals surface area contributed by atoms with Gasteiger partial charge in [-0.25, -0.2) is 0 Å². The highest BCUT2D eigenvalue weighted by Crippen LogP contribution is 2.30. The molecule has 0 unspecified atom stereocenters. The molecule has 0 atom stereocenters. The maximum Gasteiger partial charge on any atom is 0.417 e. The molecule has 0 aliphatic rings. The molecule has 0 saturated heterocycles. The molecule has 0 aliphatic heterocycles. The van der Waals surface area contributed by atoms with E-state index in [-0.39, 0.29) is 5.56 Å². The van der Waals surface area contributed by atoms with Crippen LogP contribution < -0.4 is 0 Å². The van der Waals surface area contributed by atoms with E-state index in [0.29, 0.717) is 6.21 Å². The maximum absolute atomic E-state index is 12.2. The third-order valence-electron chi connectivity index (χ3n) is 1.46. The number of rotatable bonds is 1. The number of hydrogen-bond donors (Lipinski definition) is 0. The van der Waals surface area contributed by atoms with E-state index in [4.69, 9.17) is 0 Å². The van der Waals surface area contributed by atoms with Crippen LogP contribution in [-0.4, -0.2) is 6.21 Å². The summed E-state index contributed by atoms with van der Waals surface area (Å²) < 4.78 is 36.6. The lowest BCUT2D eigenvalue weighted by Crippen LogP contribution is -2.08. The van der Waals surface area contributed by atoms with Crippen LogP contribution in [0.4, 0.5) is 13.2 Å². The molecule has 13 heavy (non-hydrogen) atoms. The van der Waals surface area contributed by atoms with Crippen LogP contribution in [0, 0.1) is 5.21 Å². The molecule has 1 aromatic carbocycles. The summed E-state index contributed by atoms with van der Waals surface area (Å²) in [5.41, 5.74) is -1.07. The van der Waals surface area contributed by atoms with Crippen molar-refractivity contribution < 1.29 is 13.2 Å². The average Bonchev–Trinajstić information content (AvgIpc) is 2.04. The highest BCUT2D eigenvalue weighted by atomic mass is 19.4. The second-order valence-electron chi connectivity index (χ2n) is 2.32. The molecular weight excluding hydrogens is 183 g/mol. The fraction of sp³-hybridized carbons (Fsp3) is 0.125. The van der Waals surface area contributed by atoms with Gasteiger partial charge in [0.2, 0.25) is 0 Å². The third kappa shape index (κ3) is 2.21. The van der Waals surface area contributed by atoms with Gasteiger partial charge in [0.05, 0.1) is 5.56 Å². The fourth-order valence-electron chi connectivity index (χ4n) is 0.925. The van der Waals surface area contributed by atoms with Crippen LogP contribution in [0.15, 0.2) is 29.4 Å².